The van der Waals surface area contributed by atoms with Crippen LogP contribution in [0.15, 0.2) is 26.0 Å². The van der Waals surface area contributed by atoms with Gasteiger partial charge in [-0.2, -0.15) is 4.31 Å². The normalized spacial score (nSPS) is 24.8. The minimum absolute atomic E-state index is 0.0578. The lowest BCUT2D eigenvalue weighted by atomic mass is 9.98. The van der Waals surface area contributed by atoms with Gasteiger partial charge in [-0.1, -0.05) is 22.9 Å². The van der Waals surface area contributed by atoms with Crippen molar-refractivity contribution in [2.75, 3.05) is 18.8 Å². The maximum Gasteiger partial charge on any atom is 0.246 e. The summed E-state index contributed by atoms with van der Waals surface area (Å²) >= 11 is 6.52. The SMILES string of the molecule is CC1CCN(S(=O)(=O)c2c(N)cc(Br)cc2Br)CC1O. The van der Waals surface area contributed by atoms with Crippen molar-refractivity contribution in [1.29, 1.82) is 0 Å². The molecule has 3 N–H and O–H groups in total. The van der Waals surface area contributed by atoms with Gasteiger partial charge in [-0.25, -0.2) is 8.42 Å². The van der Waals surface area contributed by atoms with Gasteiger partial charge in [0.05, 0.1) is 11.8 Å². The third kappa shape index (κ3) is 3.04. The number of anilines is 1. The standard InChI is InChI=1S/C12H16Br2N2O3S/c1-7-2-3-16(6-11(7)17)20(18,19)12-9(14)4-8(13)5-10(12)15/h4-5,7,11,17H,2-3,6,15H2,1H3. The maximum absolute atomic E-state index is 12.7. The average Bonchev–Trinajstić information content (AvgIpc) is 2.30. The number of hydrogen-bond donors (Lipinski definition) is 2. The molecule has 8 heteroatoms. The number of aliphatic hydroxyl groups excluding tert-OH is 1. The zero-order chi connectivity index (χ0) is 15.1. The highest BCUT2D eigenvalue weighted by atomic mass is 79.9. The van der Waals surface area contributed by atoms with E-state index in [1.807, 2.05) is 6.92 Å². The van der Waals surface area contributed by atoms with E-state index >= 15 is 0 Å². The minimum Gasteiger partial charge on any atom is -0.398 e. The van der Waals surface area contributed by atoms with E-state index in [0.29, 0.717) is 21.9 Å². The van der Waals surface area contributed by atoms with Crippen LogP contribution in [0.25, 0.3) is 0 Å². The summed E-state index contributed by atoms with van der Waals surface area (Å²) in [5.41, 5.74) is 6.03. The number of nitrogens with two attached hydrogens (primary N) is 1. The number of sulfonamides is 1. The van der Waals surface area contributed by atoms with Crippen LogP contribution in [-0.4, -0.2) is 37.0 Å². The Balaban J connectivity index is 2.41. The molecule has 5 nitrogen and oxygen atoms in total. The van der Waals surface area contributed by atoms with Crippen molar-refractivity contribution in [2.24, 2.45) is 5.92 Å². The Bertz CT molecular complexity index is 598. The molecule has 1 aliphatic rings. The van der Waals surface area contributed by atoms with Crippen LogP contribution in [0, 0.1) is 5.92 Å². The summed E-state index contributed by atoms with van der Waals surface area (Å²) in [6, 6.07) is 3.20. The molecule has 1 heterocycles. The quantitative estimate of drug-likeness (QED) is 0.708. The van der Waals surface area contributed by atoms with E-state index in [2.05, 4.69) is 31.9 Å². The second kappa shape index (κ2) is 5.92. The highest BCUT2D eigenvalue weighted by molar-refractivity contribution is 9.11. The molecule has 0 spiro atoms. The fourth-order valence-electron chi connectivity index (χ4n) is 2.22. The van der Waals surface area contributed by atoms with Crippen LogP contribution in [0.2, 0.25) is 0 Å². The predicted octanol–water partition coefficient (Wildman–Crippen LogP) is 2.19. The first-order valence-corrected chi connectivity index (χ1v) is 9.19. The van der Waals surface area contributed by atoms with Gasteiger partial charge in [-0.3, -0.25) is 0 Å². The van der Waals surface area contributed by atoms with Crippen LogP contribution in [-0.2, 0) is 10.0 Å². The molecule has 20 heavy (non-hydrogen) atoms. The van der Waals surface area contributed by atoms with Crippen LogP contribution in [0.3, 0.4) is 0 Å². The van der Waals surface area contributed by atoms with E-state index in [1.54, 1.807) is 12.1 Å². The lowest BCUT2D eigenvalue weighted by Crippen LogP contribution is -2.45. The molecule has 0 saturated carbocycles. The lowest BCUT2D eigenvalue weighted by molar-refractivity contribution is 0.0605. The monoisotopic (exact) mass is 426 g/mol. The van der Waals surface area contributed by atoms with Gasteiger partial charge in [0.25, 0.3) is 0 Å². The number of β-amino-alcohol motifs (C(OH)–C–C–N with tert-alkyl or cyclic N) is 1. The first-order chi connectivity index (χ1) is 9.23. The van der Waals surface area contributed by atoms with Crippen LogP contribution < -0.4 is 5.73 Å². The Labute approximate surface area is 135 Å². The highest BCUT2D eigenvalue weighted by Gasteiger charge is 2.35. The molecule has 2 atom stereocenters. The van der Waals surface area contributed by atoms with Gasteiger partial charge in [0.1, 0.15) is 4.90 Å². The van der Waals surface area contributed by atoms with Crippen molar-refractivity contribution in [3.63, 3.8) is 0 Å². The van der Waals surface area contributed by atoms with Gasteiger partial charge in [0, 0.05) is 22.0 Å². The summed E-state index contributed by atoms with van der Waals surface area (Å²) in [6.07, 6.45) is -0.0111. The van der Waals surface area contributed by atoms with Crippen molar-refractivity contribution in [3.8, 4) is 0 Å². The smallest absolute Gasteiger partial charge is 0.246 e. The minimum atomic E-state index is -3.72. The number of nitrogens with zero attached hydrogens (tertiary/aromatic N) is 1. The topological polar surface area (TPSA) is 83.6 Å². The van der Waals surface area contributed by atoms with Gasteiger partial charge < -0.3 is 10.8 Å². The summed E-state index contributed by atoms with van der Waals surface area (Å²) in [5.74, 6) is 0.104. The Morgan fingerprint density at radius 2 is 2.05 bits per heavy atom. The number of benzene rings is 1. The molecule has 0 bridgehead atoms. The summed E-state index contributed by atoms with van der Waals surface area (Å²) in [4.78, 5) is 0.0578. The summed E-state index contributed by atoms with van der Waals surface area (Å²) in [5, 5.41) is 9.88. The van der Waals surface area contributed by atoms with Crippen molar-refractivity contribution in [1.82, 2.24) is 4.31 Å². The van der Waals surface area contributed by atoms with Crippen molar-refractivity contribution >= 4 is 47.6 Å². The van der Waals surface area contributed by atoms with Crippen molar-refractivity contribution < 1.29 is 13.5 Å². The molecule has 112 valence electrons. The van der Waals surface area contributed by atoms with Crippen molar-refractivity contribution in [2.45, 2.75) is 24.3 Å². The maximum atomic E-state index is 12.7. The molecule has 2 unspecified atom stereocenters. The molecule has 1 saturated heterocycles. The second-order valence-electron chi connectivity index (χ2n) is 5.00. The van der Waals surface area contributed by atoms with E-state index in [4.69, 9.17) is 5.73 Å². The van der Waals surface area contributed by atoms with Crippen LogP contribution in [0.4, 0.5) is 5.69 Å². The molecule has 0 aromatic heterocycles. The van der Waals surface area contributed by atoms with Gasteiger partial charge in [0.2, 0.25) is 10.0 Å². The molecule has 0 radical (unpaired) electrons. The van der Waals surface area contributed by atoms with Crippen molar-refractivity contribution in [3.05, 3.63) is 21.1 Å². The van der Waals surface area contributed by atoms with Gasteiger partial charge in [-0.15, -0.1) is 0 Å². The van der Waals surface area contributed by atoms with E-state index in [9.17, 15) is 13.5 Å². The fraction of sp³-hybridized carbons (Fsp3) is 0.500. The molecular formula is C12H16Br2N2O3S. The van der Waals surface area contributed by atoms with E-state index in [-0.39, 0.29) is 23.0 Å². The summed E-state index contributed by atoms with van der Waals surface area (Å²) in [6.45, 7) is 2.41. The molecule has 2 rings (SSSR count). The average molecular weight is 428 g/mol. The van der Waals surface area contributed by atoms with Crippen LogP contribution >= 0.6 is 31.9 Å². The highest BCUT2D eigenvalue weighted by Crippen LogP contribution is 2.35. The third-order valence-corrected chi connectivity index (χ3v) is 6.85. The summed E-state index contributed by atoms with van der Waals surface area (Å²) < 4.78 is 27.8. The van der Waals surface area contributed by atoms with E-state index in [1.165, 1.54) is 4.31 Å². The zero-order valence-electron chi connectivity index (χ0n) is 10.9. The number of nitrogen functional groups attached to an aromatic ring is 1. The fourth-order valence-corrected chi connectivity index (χ4v) is 5.71. The molecule has 1 aromatic carbocycles. The van der Waals surface area contributed by atoms with Gasteiger partial charge >= 0.3 is 0 Å². The van der Waals surface area contributed by atoms with Gasteiger partial charge in [-0.05, 0) is 40.4 Å². The van der Waals surface area contributed by atoms with Gasteiger partial charge in [0.15, 0.2) is 0 Å². The molecule has 0 aliphatic carbocycles. The van der Waals surface area contributed by atoms with Crippen LogP contribution in [0.5, 0.6) is 0 Å². The first-order valence-electron chi connectivity index (χ1n) is 6.16. The number of piperidine rings is 1. The molecule has 0 amide bonds. The lowest BCUT2D eigenvalue weighted by Gasteiger charge is -2.33. The number of hydrogen-bond acceptors (Lipinski definition) is 4. The third-order valence-electron chi connectivity index (χ3n) is 3.52. The Morgan fingerprint density at radius 1 is 1.40 bits per heavy atom. The molecule has 1 aromatic rings. The number of aliphatic hydroxyl groups is 1. The Kier molecular flexibility index (Phi) is 4.80. The molecule has 1 aliphatic heterocycles. The zero-order valence-corrected chi connectivity index (χ0v) is 14.9. The molecule has 1 fully saturated rings. The number of halogens is 2. The summed E-state index contributed by atoms with van der Waals surface area (Å²) in [7, 11) is -3.72. The Morgan fingerprint density at radius 3 is 2.60 bits per heavy atom. The number of rotatable bonds is 2. The first kappa shape index (κ1) is 16.2. The largest absolute Gasteiger partial charge is 0.398 e. The van der Waals surface area contributed by atoms with E-state index in [0.717, 1.165) is 0 Å². The predicted molar refractivity (Wildman–Crippen MR) is 84.8 cm³/mol. The molecular weight excluding hydrogens is 412 g/mol. The van der Waals surface area contributed by atoms with Crippen LogP contribution in [0.1, 0.15) is 13.3 Å². The second-order valence-corrected chi connectivity index (χ2v) is 8.65. The Hall–Kier alpha value is -0.150. The van der Waals surface area contributed by atoms with E-state index < -0.39 is 16.1 Å².